The van der Waals surface area contributed by atoms with Gasteiger partial charge < -0.3 is 0 Å². The molecule has 0 nitrogen and oxygen atoms in total. The summed E-state index contributed by atoms with van der Waals surface area (Å²) in [4.78, 5) is 5.18. The van der Waals surface area contributed by atoms with Gasteiger partial charge in [-0.1, -0.05) is 0 Å². The maximum atomic E-state index is 2.32. The van der Waals surface area contributed by atoms with E-state index in [1.165, 1.54) is 9.79 Å². The first-order chi connectivity index (χ1) is 7.81. The standard InChI is InChI=1S/C14H15STe/c1-15(12-6-4-3-5-7-12)13-8-10-14(16-2)11-9-13/h3-11H,1-2H3/q+1. The van der Waals surface area contributed by atoms with Gasteiger partial charge in [0.25, 0.3) is 0 Å². The van der Waals surface area contributed by atoms with Crippen molar-refractivity contribution in [3.8, 4) is 0 Å². The molecule has 82 valence electrons. The van der Waals surface area contributed by atoms with Crippen LogP contribution in [-0.2, 0) is 10.9 Å². The topological polar surface area (TPSA) is 0 Å². The molecular formula is C14H15STe+. The van der Waals surface area contributed by atoms with Crippen LogP contribution in [0.3, 0.4) is 0 Å². The van der Waals surface area contributed by atoms with E-state index >= 15 is 0 Å². The monoisotopic (exact) mass is 345 g/mol. The SMILES string of the molecule is C[Te]c1ccc([S+](C)c2ccccc2)cc1. The van der Waals surface area contributed by atoms with Crippen molar-refractivity contribution in [2.75, 3.05) is 6.26 Å². The van der Waals surface area contributed by atoms with Crippen molar-refractivity contribution >= 4 is 35.4 Å². The molecule has 0 fully saturated rings. The summed E-state index contributed by atoms with van der Waals surface area (Å²) in [5, 5.41) is 0. The van der Waals surface area contributed by atoms with E-state index in [4.69, 9.17) is 0 Å². The van der Waals surface area contributed by atoms with Crippen molar-refractivity contribution in [1.29, 1.82) is 0 Å². The first-order valence-electron chi connectivity index (χ1n) is 5.16. The van der Waals surface area contributed by atoms with Crippen LogP contribution in [0.1, 0.15) is 0 Å². The predicted octanol–water partition coefficient (Wildman–Crippen LogP) is 2.73. The fraction of sp³-hybridized carbons (Fsp3) is 0.143. The van der Waals surface area contributed by atoms with Gasteiger partial charge in [0.2, 0.25) is 0 Å². The molecule has 2 heteroatoms. The van der Waals surface area contributed by atoms with Crippen LogP contribution in [0.25, 0.3) is 0 Å². The molecule has 1 atom stereocenters. The van der Waals surface area contributed by atoms with Crippen molar-refractivity contribution in [3.63, 3.8) is 0 Å². The molecule has 0 heterocycles. The third-order valence-corrected chi connectivity index (χ3v) is 6.59. The van der Waals surface area contributed by atoms with Crippen LogP contribution < -0.4 is 3.61 Å². The molecule has 2 aromatic carbocycles. The van der Waals surface area contributed by atoms with Crippen LogP contribution in [0.5, 0.6) is 0 Å². The summed E-state index contributed by atoms with van der Waals surface area (Å²) in [5.41, 5.74) is 0. The zero-order chi connectivity index (χ0) is 11.4. The fourth-order valence-electron chi connectivity index (χ4n) is 1.54. The molecule has 0 bridgehead atoms. The van der Waals surface area contributed by atoms with Crippen LogP contribution >= 0.6 is 0 Å². The zero-order valence-corrected chi connectivity index (χ0v) is 12.7. The van der Waals surface area contributed by atoms with E-state index in [-0.39, 0.29) is 31.8 Å². The normalized spacial score (nSPS) is 12.4. The van der Waals surface area contributed by atoms with Gasteiger partial charge in [-0.25, -0.2) is 0 Å². The molecule has 0 aromatic heterocycles. The average Bonchev–Trinajstić information content (AvgIpc) is 2.39. The Hall–Kier alpha value is -0.420. The van der Waals surface area contributed by atoms with E-state index in [1.807, 2.05) is 0 Å². The molecule has 0 aliphatic rings. The number of benzene rings is 2. The van der Waals surface area contributed by atoms with Crippen molar-refractivity contribution in [1.82, 2.24) is 0 Å². The van der Waals surface area contributed by atoms with E-state index in [0.717, 1.165) is 0 Å². The van der Waals surface area contributed by atoms with Crippen LogP contribution in [0.2, 0.25) is 4.97 Å². The molecule has 0 aliphatic heterocycles. The van der Waals surface area contributed by atoms with Crippen molar-refractivity contribution in [2.45, 2.75) is 14.8 Å². The Kier molecular flexibility index (Phi) is 4.35. The minimum absolute atomic E-state index is 0.0629. The summed E-state index contributed by atoms with van der Waals surface area (Å²) in [6.07, 6.45) is 2.30. The second kappa shape index (κ2) is 5.77. The molecule has 2 aromatic rings. The molecule has 0 aliphatic carbocycles. The minimum atomic E-state index is 0.0629. The molecule has 16 heavy (non-hydrogen) atoms. The number of rotatable bonds is 3. The van der Waals surface area contributed by atoms with E-state index in [9.17, 15) is 0 Å². The molecular weight excluding hydrogens is 328 g/mol. The quantitative estimate of drug-likeness (QED) is 0.594. The van der Waals surface area contributed by atoms with Crippen molar-refractivity contribution in [2.24, 2.45) is 0 Å². The number of hydrogen-bond acceptors (Lipinski definition) is 0. The van der Waals surface area contributed by atoms with Crippen LogP contribution in [0, 0.1) is 0 Å². The van der Waals surface area contributed by atoms with E-state index in [0.29, 0.717) is 0 Å². The van der Waals surface area contributed by atoms with E-state index in [2.05, 4.69) is 65.8 Å². The fourth-order valence-corrected chi connectivity index (χ4v) is 4.09. The van der Waals surface area contributed by atoms with Crippen LogP contribution in [0.15, 0.2) is 64.4 Å². The van der Waals surface area contributed by atoms with Gasteiger partial charge in [0.05, 0.1) is 0 Å². The molecule has 0 saturated heterocycles. The van der Waals surface area contributed by atoms with Crippen molar-refractivity contribution in [3.05, 3.63) is 54.6 Å². The summed E-state index contributed by atoms with van der Waals surface area (Å²) in [5.74, 6) is 0. The Balaban J connectivity index is 2.24. The Bertz CT molecular complexity index is 436. The van der Waals surface area contributed by atoms with Gasteiger partial charge in [-0.05, 0) is 0 Å². The van der Waals surface area contributed by atoms with Crippen LogP contribution in [-0.4, -0.2) is 27.2 Å². The predicted molar refractivity (Wildman–Crippen MR) is 74.0 cm³/mol. The van der Waals surface area contributed by atoms with Gasteiger partial charge in [-0.3, -0.25) is 0 Å². The summed E-state index contributed by atoms with van der Waals surface area (Å²) < 4.78 is 1.54. The third kappa shape index (κ3) is 2.83. The first-order valence-corrected chi connectivity index (χ1v) is 10.3. The second-order valence-corrected chi connectivity index (χ2v) is 7.97. The van der Waals surface area contributed by atoms with Gasteiger partial charge in [-0.15, -0.1) is 0 Å². The third-order valence-electron chi connectivity index (χ3n) is 2.51. The van der Waals surface area contributed by atoms with E-state index in [1.54, 1.807) is 3.61 Å². The van der Waals surface area contributed by atoms with E-state index < -0.39 is 0 Å². The van der Waals surface area contributed by atoms with Gasteiger partial charge in [0.1, 0.15) is 0 Å². The molecule has 0 saturated carbocycles. The van der Waals surface area contributed by atoms with Gasteiger partial charge in [0.15, 0.2) is 0 Å². The van der Waals surface area contributed by atoms with Gasteiger partial charge in [0, 0.05) is 0 Å². The molecule has 0 radical (unpaired) electrons. The maximum absolute atomic E-state index is 2.32. The van der Waals surface area contributed by atoms with Gasteiger partial charge in [-0.2, -0.15) is 0 Å². The summed E-state index contributed by atoms with van der Waals surface area (Å²) in [6, 6.07) is 19.9. The summed E-state index contributed by atoms with van der Waals surface area (Å²) >= 11 is 0.0629. The average molecular weight is 343 g/mol. The summed E-state index contributed by atoms with van der Waals surface area (Å²) in [6.45, 7) is 0. The Labute approximate surface area is 111 Å². The second-order valence-electron chi connectivity index (χ2n) is 3.50. The Morgan fingerprint density at radius 3 is 1.94 bits per heavy atom. The molecule has 0 amide bonds. The molecule has 0 N–H and O–H groups in total. The van der Waals surface area contributed by atoms with Gasteiger partial charge >= 0.3 is 111 Å². The zero-order valence-electron chi connectivity index (χ0n) is 9.51. The molecule has 2 rings (SSSR count). The summed E-state index contributed by atoms with van der Waals surface area (Å²) in [7, 11) is 0.207. The molecule has 0 spiro atoms. The number of hydrogen-bond donors (Lipinski definition) is 0. The van der Waals surface area contributed by atoms with Crippen LogP contribution in [0.4, 0.5) is 0 Å². The first kappa shape index (κ1) is 12.0. The molecule has 1 unspecified atom stereocenters. The van der Waals surface area contributed by atoms with Crippen molar-refractivity contribution < 1.29 is 0 Å². The Morgan fingerprint density at radius 2 is 1.38 bits per heavy atom. The Morgan fingerprint density at radius 1 is 0.812 bits per heavy atom.